The van der Waals surface area contributed by atoms with Gasteiger partial charge in [-0.25, -0.2) is 4.79 Å². The van der Waals surface area contributed by atoms with Gasteiger partial charge in [-0.2, -0.15) is 30.4 Å². The highest BCUT2D eigenvalue weighted by Crippen LogP contribution is 2.44. The molecule has 2 amide bonds. The number of urea groups is 1. The van der Waals surface area contributed by atoms with Crippen molar-refractivity contribution in [2.75, 3.05) is 11.1 Å². The van der Waals surface area contributed by atoms with Crippen LogP contribution in [0.25, 0.3) is 10.8 Å². The average molecular weight is 546 g/mol. The van der Waals surface area contributed by atoms with E-state index in [-0.39, 0.29) is 11.4 Å². The SMILES string of the molecule is NC(=O)Nc1c(S(=O)(=O)O)cc2cc(S(=O)(=O)O)cc(S(=O)(=O)O)c2c1N=Nc1cccc(N)c1. The number of fused-ring (bicyclic) bond motifs is 1. The third kappa shape index (κ3) is 5.70. The van der Waals surface area contributed by atoms with Crippen LogP contribution in [-0.4, -0.2) is 44.9 Å². The molecule has 8 N–H and O–H groups in total. The third-order valence-corrected chi connectivity index (χ3v) is 6.94. The van der Waals surface area contributed by atoms with Gasteiger partial charge in [0, 0.05) is 11.1 Å². The number of carbonyl (C=O) groups is 1. The van der Waals surface area contributed by atoms with Gasteiger partial charge in [0.25, 0.3) is 30.4 Å². The quantitative estimate of drug-likeness (QED) is 0.148. The lowest BCUT2D eigenvalue weighted by Gasteiger charge is -2.16. The normalized spacial score (nSPS) is 12.8. The van der Waals surface area contributed by atoms with Crippen molar-refractivity contribution in [3.8, 4) is 0 Å². The van der Waals surface area contributed by atoms with Crippen LogP contribution in [0.2, 0.25) is 0 Å². The second kappa shape index (κ2) is 8.83. The fourth-order valence-corrected chi connectivity index (χ4v) is 5.07. The van der Waals surface area contributed by atoms with Gasteiger partial charge in [0.2, 0.25) is 0 Å². The molecule has 0 unspecified atom stereocenters. The molecule has 0 aromatic heterocycles. The molecule has 0 atom stereocenters. The zero-order valence-electron chi connectivity index (χ0n) is 17.0. The Bertz CT molecular complexity index is 1730. The van der Waals surface area contributed by atoms with Crippen LogP contribution >= 0.6 is 0 Å². The summed E-state index contributed by atoms with van der Waals surface area (Å²) in [7, 11) is -15.5. The number of hydrogen-bond donors (Lipinski definition) is 6. The van der Waals surface area contributed by atoms with Crippen LogP contribution in [0.15, 0.2) is 67.4 Å². The van der Waals surface area contributed by atoms with Crippen molar-refractivity contribution in [2.45, 2.75) is 14.7 Å². The molecule has 0 saturated carbocycles. The van der Waals surface area contributed by atoms with E-state index in [0.717, 1.165) is 0 Å². The largest absolute Gasteiger partial charge is 0.399 e. The zero-order chi connectivity index (χ0) is 26.3. The number of carbonyl (C=O) groups excluding carboxylic acids is 1. The first-order valence-electron chi connectivity index (χ1n) is 8.89. The fraction of sp³-hybridized carbons (Fsp3) is 0. The molecule has 0 bridgehead atoms. The Kier molecular flexibility index (Phi) is 6.55. The molecule has 0 aliphatic carbocycles. The number of azo groups is 1. The second-order valence-electron chi connectivity index (χ2n) is 6.83. The lowest BCUT2D eigenvalue weighted by molar-refractivity contribution is 0.259. The number of nitrogen functional groups attached to an aromatic ring is 1. The highest BCUT2D eigenvalue weighted by atomic mass is 32.2. The maximum Gasteiger partial charge on any atom is 0.316 e. The summed E-state index contributed by atoms with van der Waals surface area (Å²) in [6.07, 6.45) is 0. The van der Waals surface area contributed by atoms with Gasteiger partial charge in [-0.3, -0.25) is 13.7 Å². The number of nitrogens with zero attached hydrogens (tertiary/aromatic N) is 2. The summed E-state index contributed by atoms with van der Waals surface area (Å²) in [6, 6.07) is 5.91. The minimum atomic E-state index is -5.27. The van der Waals surface area contributed by atoms with Crippen LogP contribution in [0.1, 0.15) is 0 Å². The summed E-state index contributed by atoms with van der Waals surface area (Å²) >= 11 is 0. The third-order valence-electron chi connectivity index (χ3n) is 4.35. The summed E-state index contributed by atoms with van der Waals surface area (Å²) < 4.78 is 101. The number of rotatable bonds is 6. The topological polar surface area (TPSA) is 269 Å². The van der Waals surface area contributed by atoms with Crippen molar-refractivity contribution in [3.63, 3.8) is 0 Å². The number of amides is 2. The first-order valence-corrected chi connectivity index (χ1v) is 13.2. The van der Waals surface area contributed by atoms with E-state index in [1.165, 1.54) is 24.3 Å². The first kappa shape index (κ1) is 25.9. The van der Waals surface area contributed by atoms with Gasteiger partial charge in [0.15, 0.2) is 0 Å². The van der Waals surface area contributed by atoms with Crippen molar-refractivity contribution in [2.24, 2.45) is 16.0 Å². The summed E-state index contributed by atoms with van der Waals surface area (Å²) in [5.41, 5.74) is 9.45. The lowest BCUT2D eigenvalue weighted by Crippen LogP contribution is -2.21. The Morgan fingerprint density at radius 2 is 1.46 bits per heavy atom. The summed E-state index contributed by atoms with van der Waals surface area (Å²) in [6.45, 7) is 0. The minimum Gasteiger partial charge on any atom is -0.399 e. The maximum atomic E-state index is 12.1. The monoisotopic (exact) mass is 545 g/mol. The van der Waals surface area contributed by atoms with E-state index in [4.69, 9.17) is 11.5 Å². The molecule has 0 saturated heterocycles. The second-order valence-corrected chi connectivity index (χ2v) is 11.0. The summed E-state index contributed by atoms with van der Waals surface area (Å²) in [5.74, 6) is 0. The molecule has 0 aliphatic heterocycles. The predicted molar refractivity (Wildman–Crippen MR) is 122 cm³/mol. The van der Waals surface area contributed by atoms with Gasteiger partial charge in [0.1, 0.15) is 15.5 Å². The standard InChI is InChI=1S/C17H15N5O10S3/c18-9-2-1-3-10(6-9)21-22-16-14-8(5-13(35(30,31)32)15(16)20-17(19)23)4-11(33(24,25)26)7-12(14)34(27,28)29/h1-7H,18H2,(H3,19,20,23)(H,24,25,26)(H,27,28,29)(H,30,31,32). The van der Waals surface area contributed by atoms with Gasteiger partial charge >= 0.3 is 6.03 Å². The molecular weight excluding hydrogens is 530 g/mol. The van der Waals surface area contributed by atoms with Gasteiger partial charge in [-0.15, -0.1) is 5.11 Å². The molecule has 3 aromatic rings. The molecule has 0 spiro atoms. The van der Waals surface area contributed by atoms with Crippen LogP contribution in [0.3, 0.4) is 0 Å². The van der Waals surface area contributed by atoms with E-state index in [1.54, 1.807) is 0 Å². The summed E-state index contributed by atoms with van der Waals surface area (Å²) in [5, 5.41) is 8.28. The highest BCUT2D eigenvalue weighted by Gasteiger charge is 2.29. The van der Waals surface area contributed by atoms with E-state index in [9.17, 15) is 43.7 Å². The average Bonchev–Trinajstić information content (AvgIpc) is 2.69. The summed E-state index contributed by atoms with van der Waals surface area (Å²) in [4.78, 5) is 8.30. The molecule has 15 nitrogen and oxygen atoms in total. The molecule has 0 fully saturated rings. The number of primary amides is 1. The Morgan fingerprint density at radius 1 is 0.829 bits per heavy atom. The minimum absolute atomic E-state index is 0.0726. The van der Waals surface area contributed by atoms with Gasteiger partial charge in [0.05, 0.1) is 16.3 Å². The van der Waals surface area contributed by atoms with Crippen molar-refractivity contribution in [1.82, 2.24) is 0 Å². The number of anilines is 2. The van der Waals surface area contributed by atoms with Crippen LogP contribution in [-0.2, 0) is 30.4 Å². The number of benzene rings is 3. The molecular formula is C17H15N5O10S3. The molecule has 0 radical (unpaired) electrons. The molecule has 0 aliphatic rings. The van der Waals surface area contributed by atoms with Crippen molar-refractivity contribution in [3.05, 3.63) is 42.5 Å². The fourth-order valence-electron chi connectivity index (χ4n) is 3.03. The van der Waals surface area contributed by atoms with Crippen LogP contribution in [0.4, 0.5) is 27.5 Å². The Balaban J connectivity index is 2.62. The predicted octanol–water partition coefficient (Wildman–Crippen LogP) is 2.07. The molecule has 35 heavy (non-hydrogen) atoms. The van der Waals surface area contributed by atoms with E-state index in [0.29, 0.717) is 18.2 Å². The first-order chi connectivity index (χ1) is 16.0. The highest BCUT2D eigenvalue weighted by molar-refractivity contribution is 7.87. The van der Waals surface area contributed by atoms with Gasteiger partial charge < -0.3 is 16.8 Å². The van der Waals surface area contributed by atoms with E-state index < -0.39 is 73.2 Å². The maximum absolute atomic E-state index is 12.1. The number of nitrogens with one attached hydrogen (secondary N) is 1. The Morgan fingerprint density at radius 3 is 1.97 bits per heavy atom. The van der Waals surface area contributed by atoms with Crippen molar-refractivity contribution >= 4 is 69.9 Å². The van der Waals surface area contributed by atoms with Gasteiger partial charge in [-0.05, 0) is 41.8 Å². The molecule has 0 heterocycles. The van der Waals surface area contributed by atoms with Crippen molar-refractivity contribution < 1.29 is 43.7 Å². The van der Waals surface area contributed by atoms with Crippen LogP contribution < -0.4 is 16.8 Å². The molecule has 186 valence electrons. The molecule has 3 aromatic carbocycles. The van der Waals surface area contributed by atoms with Crippen LogP contribution in [0, 0.1) is 0 Å². The Labute approximate surface area is 197 Å². The molecule has 18 heteroatoms. The van der Waals surface area contributed by atoms with E-state index in [2.05, 4.69) is 10.2 Å². The molecule has 3 rings (SSSR count). The Hall–Kier alpha value is -3.68. The smallest absolute Gasteiger partial charge is 0.316 e. The van der Waals surface area contributed by atoms with Gasteiger partial charge in [-0.1, -0.05) is 6.07 Å². The number of hydrogen-bond acceptors (Lipinski definition) is 10. The van der Waals surface area contributed by atoms with Crippen LogP contribution in [0.5, 0.6) is 0 Å². The van der Waals surface area contributed by atoms with E-state index in [1.807, 2.05) is 5.32 Å². The zero-order valence-corrected chi connectivity index (χ0v) is 19.5. The lowest BCUT2D eigenvalue weighted by atomic mass is 10.1. The number of nitrogens with two attached hydrogens (primary N) is 2. The van der Waals surface area contributed by atoms with E-state index >= 15 is 0 Å². The van der Waals surface area contributed by atoms with Crippen molar-refractivity contribution in [1.29, 1.82) is 0 Å².